The van der Waals surface area contributed by atoms with Gasteiger partial charge < -0.3 is 5.73 Å². The van der Waals surface area contributed by atoms with Gasteiger partial charge in [-0.1, -0.05) is 6.07 Å². The van der Waals surface area contributed by atoms with Crippen molar-refractivity contribution >= 4 is 21.5 Å². The predicted molar refractivity (Wildman–Crippen MR) is 59.6 cm³/mol. The van der Waals surface area contributed by atoms with E-state index in [1.807, 2.05) is 0 Å². The standard InChI is InChI=1S/C9H10N4O2S/c1-16(14,15)8-4-2-3-7(5-8)13-9(11)12-6-10/h2-5H,1H3,(H3,11,12,13). The van der Waals surface area contributed by atoms with E-state index in [0.717, 1.165) is 6.26 Å². The first-order valence-corrected chi connectivity index (χ1v) is 6.12. The van der Waals surface area contributed by atoms with Gasteiger partial charge in [0.2, 0.25) is 5.96 Å². The van der Waals surface area contributed by atoms with Gasteiger partial charge in [0, 0.05) is 6.26 Å². The normalized spacial score (nSPS) is 11.9. The number of hydrogen-bond acceptors (Lipinski definition) is 4. The van der Waals surface area contributed by atoms with E-state index < -0.39 is 9.84 Å². The fourth-order valence-electron chi connectivity index (χ4n) is 1.01. The van der Waals surface area contributed by atoms with E-state index in [4.69, 9.17) is 11.0 Å². The zero-order valence-electron chi connectivity index (χ0n) is 8.51. The molecule has 84 valence electrons. The molecule has 0 heterocycles. The maximum atomic E-state index is 11.2. The molecule has 0 amide bonds. The molecule has 16 heavy (non-hydrogen) atoms. The summed E-state index contributed by atoms with van der Waals surface area (Å²) in [5, 5.41) is 10.4. The average molecular weight is 238 g/mol. The van der Waals surface area contributed by atoms with Crippen molar-refractivity contribution in [1.29, 1.82) is 5.26 Å². The fraction of sp³-hybridized carbons (Fsp3) is 0.111. The summed E-state index contributed by atoms with van der Waals surface area (Å²) in [4.78, 5) is 3.97. The molecular weight excluding hydrogens is 228 g/mol. The summed E-state index contributed by atoms with van der Waals surface area (Å²) in [6.07, 6.45) is 2.71. The number of nitrogens with one attached hydrogen (secondary N) is 1. The van der Waals surface area contributed by atoms with Crippen molar-refractivity contribution in [2.75, 3.05) is 6.26 Å². The molecule has 1 rings (SSSR count). The van der Waals surface area contributed by atoms with Crippen molar-refractivity contribution < 1.29 is 8.42 Å². The Kier molecular flexibility index (Phi) is 3.48. The highest BCUT2D eigenvalue weighted by Crippen LogP contribution is 2.17. The maximum absolute atomic E-state index is 11.2. The van der Waals surface area contributed by atoms with E-state index in [1.54, 1.807) is 18.3 Å². The third-order valence-electron chi connectivity index (χ3n) is 1.68. The smallest absolute Gasteiger partial charge is 0.207 e. The summed E-state index contributed by atoms with van der Waals surface area (Å²) in [6.45, 7) is 0. The zero-order valence-corrected chi connectivity index (χ0v) is 9.32. The summed E-state index contributed by atoms with van der Waals surface area (Å²) in [5.74, 6) is -0.0897. The van der Waals surface area contributed by atoms with Crippen LogP contribution in [0.5, 0.6) is 0 Å². The molecule has 6 nitrogen and oxygen atoms in total. The number of nitriles is 1. The van der Waals surface area contributed by atoms with Crippen LogP contribution in [0.2, 0.25) is 0 Å². The van der Waals surface area contributed by atoms with Gasteiger partial charge in [-0.05, 0) is 18.2 Å². The third-order valence-corrected chi connectivity index (χ3v) is 2.79. The van der Waals surface area contributed by atoms with E-state index in [9.17, 15) is 8.42 Å². The van der Waals surface area contributed by atoms with Crippen LogP contribution in [-0.4, -0.2) is 20.6 Å². The second kappa shape index (κ2) is 4.63. The molecule has 1 aromatic rings. The number of nitrogens with two attached hydrogens (primary N) is 1. The lowest BCUT2D eigenvalue weighted by Gasteiger charge is -2.00. The highest BCUT2D eigenvalue weighted by Gasteiger charge is 2.06. The van der Waals surface area contributed by atoms with Crippen molar-refractivity contribution in [1.82, 2.24) is 5.32 Å². The van der Waals surface area contributed by atoms with Gasteiger partial charge in [-0.15, -0.1) is 0 Å². The molecule has 7 heteroatoms. The Morgan fingerprint density at radius 1 is 1.56 bits per heavy atom. The first kappa shape index (κ1) is 12.0. The number of sulfone groups is 1. The Morgan fingerprint density at radius 3 is 2.81 bits per heavy atom. The summed E-state index contributed by atoms with van der Waals surface area (Å²) in [5.41, 5.74) is 5.71. The number of aliphatic imine (C=N–C) groups is 1. The summed E-state index contributed by atoms with van der Waals surface area (Å²) in [7, 11) is -3.27. The fourth-order valence-corrected chi connectivity index (χ4v) is 1.67. The minimum atomic E-state index is -3.27. The van der Waals surface area contributed by atoms with Crippen molar-refractivity contribution in [3.8, 4) is 6.19 Å². The highest BCUT2D eigenvalue weighted by atomic mass is 32.2. The summed E-state index contributed by atoms with van der Waals surface area (Å²) in [6, 6.07) is 5.97. The molecule has 0 aromatic heterocycles. The molecule has 0 saturated heterocycles. The molecule has 3 N–H and O–H groups in total. The van der Waals surface area contributed by atoms with Gasteiger partial charge in [0.05, 0.1) is 10.6 Å². The Balaban J connectivity index is 3.11. The van der Waals surface area contributed by atoms with Crippen LogP contribution in [0.15, 0.2) is 34.2 Å². The molecule has 1 aromatic carbocycles. The lowest BCUT2D eigenvalue weighted by molar-refractivity contribution is 0.602. The Hall–Kier alpha value is -2.07. The molecule has 0 aliphatic heterocycles. The van der Waals surface area contributed by atoms with Crippen LogP contribution in [0.3, 0.4) is 0 Å². The molecule has 0 atom stereocenters. The quantitative estimate of drug-likeness (QED) is 0.329. The lowest BCUT2D eigenvalue weighted by atomic mass is 10.3. The molecule has 0 spiro atoms. The zero-order chi connectivity index (χ0) is 12.2. The minimum absolute atomic E-state index is 0.0897. The number of rotatable bonds is 2. The molecule has 0 bridgehead atoms. The molecule has 0 aliphatic carbocycles. The molecule has 0 saturated carbocycles. The van der Waals surface area contributed by atoms with E-state index in [0.29, 0.717) is 5.69 Å². The molecule has 0 fully saturated rings. The first-order chi connectivity index (χ1) is 7.43. The van der Waals surface area contributed by atoms with E-state index in [-0.39, 0.29) is 10.9 Å². The van der Waals surface area contributed by atoms with Crippen LogP contribution in [0.25, 0.3) is 0 Å². The van der Waals surface area contributed by atoms with Crippen LogP contribution in [0.1, 0.15) is 0 Å². The van der Waals surface area contributed by atoms with Crippen LogP contribution >= 0.6 is 0 Å². The van der Waals surface area contributed by atoms with Crippen LogP contribution in [0, 0.1) is 11.5 Å². The first-order valence-electron chi connectivity index (χ1n) is 4.23. The van der Waals surface area contributed by atoms with Crippen LogP contribution < -0.4 is 11.1 Å². The van der Waals surface area contributed by atoms with Crippen molar-refractivity contribution in [3.63, 3.8) is 0 Å². The highest BCUT2D eigenvalue weighted by molar-refractivity contribution is 7.90. The van der Waals surface area contributed by atoms with Crippen LogP contribution in [0.4, 0.5) is 5.69 Å². The minimum Gasteiger partial charge on any atom is -0.369 e. The Labute approximate surface area is 93.3 Å². The number of hydrogen-bond donors (Lipinski definition) is 2. The van der Waals surface area contributed by atoms with Crippen molar-refractivity contribution in [2.45, 2.75) is 4.90 Å². The van der Waals surface area contributed by atoms with E-state index >= 15 is 0 Å². The second-order valence-corrected chi connectivity index (χ2v) is 5.02. The Bertz CT molecular complexity index is 557. The van der Waals surface area contributed by atoms with Crippen LogP contribution in [-0.2, 0) is 9.84 Å². The monoisotopic (exact) mass is 238 g/mol. The van der Waals surface area contributed by atoms with Gasteiger partial charge in [0.25, 0.3) is 0 Å². The van der Waals surface area contributed by atoms with E-state index in [2.05, 4.69) is 10.3 Å². The molecule has 0 radical (unpaired) electrons. The van der Waals surface area contributed by atoms with Gasteiger partial charge in [0.1, 0.15) is 0 Å². The molecular formula is C9H10N4O2S. The number of guanidine groups is 1. The predicted octanol–water partition coefficient (Wildman–Crippen LogP) is 0.107. The SMILES string of the molecule is CS(=O)(=O)c1cccc(N=C(N)NC#N)c1. The summed E-state index contributed by atoms with van der Waals surface area (Å²) < 4.78 is 22.5. The van der Waals surface area contributed by atoms with E-state index in [1.165, 1.54) is 12.1 Å². The molecule has 0 aliphatic rings. The maximum Gasteiger partial charge on any atom is 0.207 e. The third kappa shape index (κ3) is 3.25. The summed E-state index contributed by atoms with van der Waals surface area (Å²) >= 11 is 0. The average Bonchev–Trinajstić information content (AvgIpc) is 2.17. The largest absolute Gasteiger partial charge is 0.369 e. The Morgan fingerprint density at radius 2 is 2.25 bits per heavy atom. The topological polar surface area (TPSA) is 108 Å². The van der Waals surface area contributed by atoms with Gasteiger partial charge in [-0.3, -0.25) is 5.32 Å². The lowest BCUT2D eigenvalue weighted by Crippen LogP contribution is -2.26. The second-order valence-electron chi connectivity index (χ2n) is 3.00. The number of benzene rings is 1. The van der Waals surface area contributed by atoms with Gasteiger partial charge in [0.15, 0.2) is 16.0 Å². The van der Waals surface area contributed by atoms with Crippen molar-refractivity contribution in [2.24, 2.45) is 10.7 Å². The van der Waals surface area contributed by atoms with Gasteiger partial charge in [-0.2, -0.15) is 5.26 Å². The van der Waals surface area contributed by atoms with Gasteiger partial charge >= 0.3 is 0 Å². The van der Waals surface area contributed by atoms with Gasteiger partial charge in [-0.25, -0.2) is 13.4 Å². The van der Waals surface area contributed by atoms with Crippen molar-refractivity contribution in [3.05, 3.63) is 24.3 Å². The number of nitrogens with zero attached hydrogens (tertiary/aromatic N) is 2. The molecule has 0 unspecified atom stereocenters.